The molecular weight excluding hydrogens is 500 g/mol. The van der Waals surface area contributed by atoms with Gasteiger partial charge in [0, 0.05) is 16.3 Å². The van der Waals surface area contributed by atoms with Crippen LogP contribution < -0.4 is 0 Å². The molecule has 0 aliphatic heterocycles. The molecule has 0 bridgehead atoms. The van der Waals surface area contributed by atoms with E-state index in [1.807, 2.05) is 48.5 Å². The first-order valence-electron chi connectivity index (χ1n) is 13.4. The highest BCUT2D eigenvalue weighted by molar-refractivity contribution is 6.16. The summed E-state index contributed by atoms with van der Waals surface area (Å²) in [5, 5.41) is 21.0. The molecule has 0 radical (unpaired) electrons. The van der Waals surface area contributed by atoms with Gasteiger partial charge in [-0.1, -0.05) is 97.1 Å². The number of nitriles is 2. The third-order valence-corrected chi connectivity index (χ3v) is 7.51. The number of hydrogen-bond donors (Lipinski definition) is 0. The first kappa shape index (κ1) is 24.2. The second-order valence-electron chi connectivity index (χ2n) is 10.0. The van der Waals surface area contributed by atoms with Gasteiger partial charge in [-0.15, -0.1) is 0 Å². The normalized spacial score (nSPS) is 10.9. The topological polar surface area (TPSA) is 60.7 Å². The molecule has 0 amide bonds. The van der Waals surface area contributed by atoms with Crippen molar-refractivity contribution in [2.45, 2.75) is 0 Å². The minimum absolute atomic E-state index is 0.473. The van der Waals surface area contributed by atoms with Crippen molar-refractivity contribution in [3.05, 3.63) is 145 Å². The Balaban J connectivity index is 1.43. The highest BCUT2D eigenvalue weighted by Gasteiger charge is 2.18. The molecule has 3 nitrogen and oxygen atoms in total. The summed E-state index contributed by atoms with van der Waals surface area (Å²) in [5.74, 6) is 0. The Morgan fingerprint density at radius 3 is 1.66 bits per heavy atom. The summed E-state index contributed by atoms with van der Waals surface area (Å²) < 4.78 is 6.57. The van der Waals surface area contributed by atoms with Gasteiger partial charge in [-0.25, -0.2) is 0 Å². The molecule has 1 aromatic heterocycles. The fourth-order valence-corrected chi connectivity index (χ4v) is 5.56. The fourth-order valence-electron chi connectivity index (χ4n) is 5.56. The van der Waals surface area contributed by atoms with Gasteiger partial charge in [-0.3, -0.25) is 0 Å². The lowest BCUT2D eigenvalue weighted by atomic mass is 9.93. The molecule has 3 heteroatoms. The van der Waals surface area contributed by atoms with Crippen molar-refractivity contribution in [3.63, 3.8) is 0 Å². The molecule has 190 valence electrons. The standard InChI is InChI=1S/C38H22N2O/c39-23-25-18-26(24-40)20-31(19-25)28-14-16-30(17-15-28)33-12-7-13-36-37(33)35-22-32(27-8-3-1-4-9-27)21-34(38(35)41-36)29-10-5-2-6-11-29/h1-22H. The zero-order valence-corrected chi connectivity index (χ0v) is 22.0. The van der Waals surface area contributed by atoms with Crippen molar-refractivity contribution < 1.29 is 4.42 Å². The highest BCUT2D eigenvalue weighted by Crippen LogP contribution is 2.43. The molecule has 6 aromatic carbocycles. The van der Waals surface area contributed by atoms with Gasteiger partial charge >= 0.3 is 0 Å². The summed E-state index contributed by atoms with van der Waals surface area (Å²) in [5.41, 5.74) is 11.0. The molecule has 7 aromatic rings. The van der Waals surface area contributed by atoms with Crippen molar-refractivity contribution in [2.24, 2.45) is 0 Å². The molecule has 0 spiro atoms. The average Bonchev–Trinajstić information content (AvgIpc) is 3.44. The van der Waals surface area contributed by atoms with E-state index < -0.39 is 0 Å². The highest BCUT2D eigenvalue weighted by atomic mass is 16.3. The van der Waals surface area contributed by atoms with E-state index in [0.717, 1.165) is 66.4 Å². The van der Waals surface area contributed by atoms with Crippen LogP contribution in [0.1, 0.15) is 11.1 Å². The van der Waals surface area contributed by atoms with Gasteiger partial charge in [0.25, 0.3) is 0 Å². The van der Waals surface area contributed by atoms with Crippen LogP contribution in [-0.4, -0.2) is 0 Å². The van der Waals surface area contributed by atoms with E-state index in [2.05, 4.69) is 91.0 Å². The lowest BCUT2D eigenvalue weighted by Gasteiger charge is -2.09. The molecule has 0 saturated carbocycles. The fraction of sp³-hybridized carbons (Fsp3) is 0. The Bertz CT molecular complexity index is 2110. The smallest absolute Gasteiger partial charge is 0.143 e. The Hall–Kier alpha value is -5.90. The van der Waals surface area contributed by atoms with Gasteiger partial charge in [-0.05, 0) is 75.3 Å². The van der Waals surface area contributed by atoms with Crippen LogP contribution in [0.4, 0.5) is 0 Å². The van der Waals surface area contributed by atoms with Crippen LogP contribution >= 0.6 is 0 Å². The first-order chi connectivity index (χ1) is 20.2. The maximum atomic E-state index is 9.40. The number of nitrogens with zero attached hydrogens (tertiary/aromatic N) is 2. The van der Waals surface area contributed by atoms with Crippen molar-refractivity contribution in [1.29, 1.82) is 10.5 Å². The molecule has 0 saturated heterocycles. The minimum Gasteiger partial charge on any atom is -0.455 e. The van der Waals surface area contributed by atoms with Gasteiger partial charge in [0.15, 0.2) is 0 Å². The van der Waals surface area contributed by atoms with Gasteiger partial charge in [-0.2, -0.15) is 10.5 Å². The molecule has 0 unspecified atom stereocenters. The van der Waals surface area contributed by atoms with Crippen molar-refractivity contribution in [1.82, 2.24) is 0 Å². The molecule has 41 heavy (non-hydrogen) atoms. The van der Waals surface area contributed by atoms with E-state index in [1.165, 1.54) is 0 Å². The molecule has 7 rings (SSSR count). The Labute approximate surface area is 237 Å². The molecule has 0 fully saturated rings. The maximum Gasteiger partial charge on any atom is 0.143 e. The van der Waals surface area contributed by atoms with Gasteiger partial charge < -0.3 is 4.42 Å². The summed E-state index contributed by atoms with van der Waals surface area (Å²) in [6.45, 7) is 0. The van der Waals surface area contributed by atoms with Crippen molar-refractivity contribution in [2.75, 3.05) is 0 Å². The maximum absolute atomic E-state index is 9.40. The monoisotopic (exact) mass is 522 g/mol. The number of benzene rings is 6. The predicted molar refractivity (Wildman–Crippen MR) is 165 cm³/mol. The van der Waals surface area contributed by atoms with Gasteiger partial charge in [0.2, 0.25) is 0 Å². The summed E-state index contributed by atoms with van der Waals surface area (Å²) in [6, 6.07) is 49.3. The molecule has 0 aliphatic carbocycles. The van der Waals surface area contributed by atoms with E-state index in [0.29, 0.717) is 11.1 Å². The molecular formula is C38H22N2O. The molecule has 0 atom stereocenters. The molecule has 0 N–H and O–H groups in total. The average molecular weight is 523 g/mol. The summed E-state index contributed by atoms with van der Waals surface area (Å²) in [7, 11) is 0. The number of rotatable bonds is 4. The van der Waals surface area contributed by atoms with Crippen molar-refractivity contribution in [3.8, 4) is 56.6 Å². The molecule has 0 aliphatic rings. The largest absolute Gasteiger partial charge is 0.455 e. The third-order valence-electron chi connectivity index (χ3n) is 7.51. The molecule has 1 heterocycles. The van der Waals surface area contributed by atoms with E-state index in [4.69, 9.17) is 4.42 Å². The van der Waals surface area contributed by atoms with Gasteiger partial charge in [0.05, 0.1) is 23.3 Å². The van der Waals surface area contributed by atoms with Crippen LogP contribution in [0, 0.1) is 22.7 Å². The Kier molecular flexibility index (Phi) is 5.90. The summed E-state index contributed by atoms with van der Waals surface area (Å²) >= 11 is 0. The zero-order valence-electron chi connectivity index (χ0n) is 22.0. The van der Waals surface area contributed by atoms with Crippen LogP contribution in [0.2, 0.25) is 0 Å². The van der Waals surface area contributed by atoms with Crippen molar-refractivity contribution >= 4 is 21.9 Å². The summed E-state index contributed by atoms with van der Waals surface area (Å²) in [6.07, 6.45) is 0. The summed E-state index contributed by atoms with van der Waals surface area (Å²) in [4.78, 5) is 0. The van der Waals surface area contributed by atoms with E-state index in [-0.39, 0.29) is 0 Å². The SMILES string of the molecule is N#Cc1cc(C#N)cc(-c2ccc(-c3cccc4oc5c(-c6ccccc6)cc(-c6ccccc6)cc5c34)cc2)c1. The first-order valence-corrected chi connectivity index (χ1v) is 13.4. The number of fused-ring (bicyclic) bond motifs is 3. The second-order valence-corrected chi connectivity index (χ2v) is 10.0. The third kappa shape index (κ3) is 4.33. The number of hydrogen-bond acceptors (Lipinski definition) is 3. The van der Waals surface area contributed by atoms with Crippen LogP contribution in [0.25, 0.3) is 66.4 Å². The zero-order chi connectivity index (χ0) is 27.8. The van der Waals surface area contributed by atoms with E-state index in [9.17, 15) is 10.5 Å². The van der Waals surface area contributed by atoms with Crippen LogP contribution in [0.3, 0.4) is 0 Å². The van der Waals surface area contributed by atoms with E-state index in [1.54, 1.807) is 6.07 Å². The quantitative estimate of drug-likeness (QED) is 0.231. The lowest BCUT2D eigenvalue weighted by molar-refractivity contribution is 0.670. The lowest BCUT2D eigenvalue weighted by Crippen LogP contribution is -1.86. The Morgan fingerprint density at radius 2 is 1.00 bits per heavy atom. The van der Waals surface area contributed by atoms with E-state index >= 15 is 0 Å². The van der Waals surface area contributed by atoms with Crippen LogP contribution in [0.5, 0.6) is 0 Å². The van der Waals surface area contributed by atoms with Crippen LogP contribution in [0.15, 0.2) is 138 Å². The minimum atomic E-state index is 0.473. The van der Waals surface area contributed by atoms with Crippen LogP contribution in [-0.2, 0) is 0 Å². The van der Waals surface area contributed by atoms with Gasteiger partial charge in [0.1, 0.15) is 11.2 Å². The Morgan fingerprint density at radius 1 is 0.439 bits per heavy atom. The number of furan rings is 1. The predicted octanol–water partition coefficient (Wildman–Crippen LogP) is 10.00. The second kappa shape index (κ2) is 10.0.